The first kappa shape index (κ1) is 18.0. The Bertz CT molecular complexity index is 566. The summed E-state index contributed by atoms with van der Waals surface area (Å²) >= 11 is 3.46. The van der Waals surface area contributed by atoms with Crippen LogP contribution in [0.1, 0.15) is 51.0 Å². The maximum absolute atomic E-state index is 12.3. The van der Waals surface area contributed by atoms with Crippen LogP contribution in [-0.2, 0) is 9.59 Å². The topological polar surface area (TPSA) is 49.4 Å². The number of anilines is 1. The summed E-state index contributed by atoms with van der Waals surface area (Å²) in [5.74, 6) is -0.199. The molecular formula is C18H25BrN2O2. The average molecular weight is 381 g/mol. The molecular weight excluding hydrogens is 356 g/mol. The van der Waals surface area contributed by atoms with E-state index in [9.17, 15) is 9.59 Å². The summed E-state index contributed by atoms with van der Waals surface area (Å²) in [6.07, 6.45) is 6.95. The van der Waals surface area contributed by atoms with E-state index in [1.165, 1.54) is 37.5 Å². The van der Waals surface area contributed by atoms with Crippen LogP contribution < -0.4 is 10.2 Å². The minimum atomic E-state index is -0.122. The smallest absolute Gasteiger partial charge is 0.240 e. The molecule has 1 aliphatic rings. The van der Waals surface area contributed by atoms with E-state index >= 15 is 0 Å². The highest BCUT2D eigenvalue weighted by atomic mass is 79.9. The zero-order valence-corrected chi connectivity index (χ0v) is 15.5. The Morgan fingerprint density at radius 2 is 1.87 bits per heavy atom. The lowest BCUT2D eigenvalue weighted by Gasteiger charge is -2.23. The van der Waals surface area contributed by atoms with Crippen molar-refractivity contribution in [3.63, 3.8) is 0 Å². The summed E-state index contributed by atoms with van der Waals surface area (Å²) in [4.78, 5) is 25.8. The number of hydrogen-bond acceptors (Lipinski definition) is 2. The third-order valence-electron chi connectivity index (χ3n) is 4.36. The van der Waals surface area contributed by atoms with E-state index in [2.05, 4.69) is 21.2 Å². The minimum absolute atomic E-state index is 0.0762. The van der Waals surface area contributed by atoms with Crippen LogP contribution in [0.4, 0.5) is 5.69 Å². The molecule has 2 rings (SSSR count). The highest BCUT2D eigenvalue weighted by molar-refractivity contribution is 9.10. The van der Waals surface area contributed by atoms with E-state index in [4.69, 9.17) is 0 Å². The van der Waals surface area contributed by atoms with Gasteiger partial charge in [0.15, 0.2) is 0 Å². The van der Waals surface area contributed by atoms with Crippen LogP contribution in [0.5, 0.6) is 0 Å². The van der Waals surface area contributed by atoms with Gasteiger partial charge in [0.25, 0.3) is 0 Å². The first-order valence-electron chi connectivity index (χ1n) is 8.31. The van der Waals surface area contributed by atoms with Crippen molar-refractivity contribution < 1.29 is 9.59 Å². The van der Waals surface area contributed by atoms with Gasteiger partial charge in [-0.3, -0.25) is 9.59 Å². The molecule has 1 aliphatic carbocycles. The van der Waals surface area contributed by atoms with E-state index in [1.54, 1.807) is 0 Å². The molecule has 126 valence electrons. The predicted molar refractivity (Wildman–Crippen MR) is 96.5 cm³/mol. The van der Waals surface area contributed by atoms with Crippen molar-refractivity contribution in [2.24, 2.45) is 0 Å². The first-order valence-corrected chi connectivity index (χ1v) is 9.10. The SMILES string of the molecule is CC(=O)N(CC(=O)NC1CCCCCC1)c1ccc(Br)c(C)c1. The van der Waals surface area contributed by atoms with Crippen molar-refractivity contribution >= 4 is 33.4 Å². The lowest BCUT2D eigenvalue weighted by Crippen LogP contribution is -2.43. The van der Waals surface area contributed by atoms with Crippen LogP contribution in [0, 0.1) is 6.92 Å². The summed E-state index contributed by atoms with van der Waals surface area (Å²) in [6, 6.07) is 5.94. The number of carbonyl (C=O) groups excluding carboxylic acids is 2. The van der Waals surface area contributed by atoms with E-state index in [-0.39, 0.29) is 24.4 Å². The molecule has 0 aromatic heterocycles. The fraction of sp³-hybridized carbons (Fsp3) is 0.556. The molecule has 0 saturated heterocycles. The molecule has 4 nitrogen and oxygen atoms in total. The normalized spacial score (nSPS) is 15.8. The highest BCUT2D eigenvalue weighted by Crippen LogP contribution is 2.23. The number of aryl methyl sites for hydroxylation is 1. The van der Waals surface area contributed by atoms with Gasteiger partial charge in [-0.15, -0.1) is 0 Å². The van der Waals surface area contributed by atoms with Gasteiger partial charge in [0, 0.05) is 23.1 Å². The number of rotatable bonds is 4. The second-order valence-corrected chi connectivity index (χ2v) is 7.15. The van der Waals surface area contributed by atoms with Gasteiger partial charge in [0.1, 0.15) is 6.54 Å². The molecule has 0 heterocycles. The van der Waals surface area contributed by atoms with Gasteiger partial charge in [-0.05, 0) is 43.5 Å². The molecule has 5 heteroatoms. The summed E-state index contributed by atoms with van der Waals surface area (Å²) in [6.45, 7) is 3.54. The fourth-order valence-corrected chi connectivity index (χ4v) is 3.27. The fourth-order valence-electron chi connectivity index (χ4n) is 3.02. The average Bonchev–Trinajstić information content (AvgIpc) is 2.76. The summed E-state index contributed by atoms with van der Waals surface area (Å²) in [5, 5.41) is 3.10. The van der Waals surface area contributed by atoms with Gasteiger partial charge in [-0.2, -0.15) is 0 Å². The predicted octanol–water partition coefficient (Wildman–Crippen LogP) is 3.95. The van der Waals surface area contributed by atoms with Crippen LogP contribution in [-0.4, -0.2) is 24.4 Å². The van der Waals surface area contributed by atoms with E-state index in [0.29, 0.717) is 0 Å². The summed E-state index contributed by atoms with van der Waals surface area (Å²) in [5.41, 5.74) is 1.80. The Labute approximate surface area is 146 Å². The molecule has 0 unspecified atom stereocenters. The second kappa shape index (κ2) is 8.48. The van der Waals surface area contributed by atoms with Crippen molar-refractivity contribution in [2.45, 2.75) is 58.4 Å². The Balaban J connectivity index is 2.02. The number of carbonyl (C=O) groups is 2. The second-order valence-electron chi connectivity index (χ2n) is 6.29. The van der Waals surface area contributed by atoms with Gasteiger partial charge in [-0.1, -0.05) is 41.6 Å². The van der Waals surface area contributed by atoms with Gasteiger partial charge in [-0.25, -0.2) is 0 Å². The van der Waals surface area contributed by atoms with Gasteiger partial charge in [0.2, 0.25) is 11.8 Å². The molecule has 0 spiro atoms. The van der Waals surface area contributed by atoms with Crippen molar-refractivity contribution in [1.82, 2.24) is 5.32 Å². The molecule has 23 heavy (non-hydrogen) atoms. The molecule has 2 amide bonds. The standard InChI is InChI=1S/C18H25BrN2O2/c1-13-11-16(9-10-17(13)19)21(14(2)22)12-18(23)20-15-7-5-3-4-6-8-15/h9-11,15H,3-8,12H2,1-2H3,(H,20,23). The Kier molecular flexibility index (Phi) is 6.63. The van der Waals surface area contributed by atoms with Crippen molar-refractivity contribution in [3.05, 3.63) is 28.2 Å². The minimum Gasteiger partial charge on any atom is -0.352 e. The van der Waals surface area contributed by atoms with Crippen LogP contribution in [0.15, 0.2) is 22.7 Å². The van der Waals surface area contributed by atoms with Crippen LogP contribution in [0.3, 0.4) is 0 Å². The maximum Gasteiger partial charge on any atom is 0.240 e. The lowest BCUT2D eigenvalue weighted by molar-refractivity contribution is -0.123. The molecule has 0 atom stereocenters. The van der Waals surface area contributed by atoms with Crippen molar-refractivity contribution in [2.75, 3.05) is 11.4 Å². The molecule has 1 aromatic carbocycles. The molecule has 0 aliphatic heterocycles. The van der Waals surface area contributed by atoms with Gasteiger partial charge >= 0.3 is 0 Å². The maximum atomic E-state index is 12.3. The molecule has 0 bridgehead atoms. The van der Waals surface area contributed by atoms with Crippen molar-refractivity contribution in [1.29, 1.82) is 0 Å². The number of nitrogens with zero attached hydrogens (tertiary/aromatic N) is 1. The highest BCUT2D eigenvalue weighted by Gasteiger charge is 2.19. The lowest BCUT2D eigenvalue weighted by atomic mass is 10.1. The van der Waals surface area contributed by atoms with Crippen LogP contribution in [0.25, 0.3) is 0 Å². The van der Waals surface area contributed by atoms with E-state index < -0.39 is 0 Å². The molecule has 1 N–H and O–H groups in total. The third-order valence-corrected chi connectivity index (χ3v) is 5.25. The zero-order chi connectivity index (χ0) is 16.8. The largest absolute Gasteiger partial charge is 0.352 e. The quantitative estimate of drug-likeness (QED) is 0.803. The van der Waals surface area contributed by atoms with Gasteiger partial charge < -0.3 is 10.2 Å². The van der Waals surface area contributed by atoms with Crippen molar-refractivity contribution in [3.8, 4) is 0 Å². The van der Waals surface area contributed by atoms with Gasteiger partial charge in [0.05, 0.1) is 0 Å². The Morgan fingerprint density at radius 3 is 2.43 bits per heavy atom. The molecule has 1 fully saturated rings. The summed E-state index contributed by atoms with van der Waals surface area (Å²) in [7, 11) is 0. The molecule has 0 radical (unpaired) electrons. The zero-order valence-electron chi connectivity index (χ0n) is 13.9. The number of nitrogens with one attached hydrogen (secondary N) is 1. The number of halogens is 1. The number of amides is 2. The van der Waals surface area contributed by atoms with E-state index in [1.807, 2.05) is 25.1 Å². The monoisotopic (exact) mass is 380 g/mol. The van der Waals surface area contributed by atoms with E-state index in [0.717, 1.165) is 28.6 Å². The van der Waals surface area contributed by atoms with Crippen LogP contribution in [0.2, 0.25) is 0 Å². The third kappa shape index (κ3) is 5.34. The Morgan fingerprint density at radius 1 is 1.22 bits per heavy atom. The first-order chi connectivity index (χ1) is 11.0. The molecule has 1 aromatic rings. The number of benzene rings is 1. The molecule has 1 saturated carbocycles. The Hall–Kier alpha value is -1.36. The summed E-state index contributed by atoms with van der Waals surface area (Å²) < 4.78 is 0.993. The van der Waals surface area contributed by atoms with Crippen LogP contribution >= 0.6 is 15.9 Å². The number of hydrogen-bond donors (Lipinski definition) is 1.